The van der Waals surface area contributed by atoms with Crippen molar-refractivity contribution >= 4 is 17.4 Å². The third-order valence-electron chi connectivity index (χ3n) is 4.17. The molecule has 0 aliphatic carbocycles. The van der Waals surface area contributed by atoms with Gasteiger partial charge in [0.15, 0.2) is 5.65 Å². The van der Waals surface area contributed by atoms with Crippen molar-refractivity contribution in [1.29, 1.82) is 0 Å². The molecule has 4 rings (SSSR count). The molecule has 0 fully saturated rings. The zero-order valence-electron chi connectivity index (χ0n) is 14.3. The van der Waals surface area contributed by atoms with Crippen molar-refractivity contribution in [2.24, 2.45) is 0 Å². The fourth-order valence-electron chi connectivity index (χ4n) is 2.88. The molecule has 2 aromatic heterocycles. The van der Waals surface area contributed by atoms with Crippen LogP contribution in [0.15, 0.2) is 36.7 Å². The van der Waals surface area contributed by atoms with E-state index < -0.39 is 12.1 Å². The normalized spacial score (nSPS) is 20.2. The SMILES string of the molecule is C[C@H]1COC(=O)c2cnn3ccc(nc23)N[C@H](C)c2cc(F)ccc2O1. The summed E-state index contributed by atoms with van der Waals surface area (Å²) >= 11 is 0. The number of cyclic esters (lactones) is 1. The van der Waals surface area contributed by atoms with Gasteiger partial charge in [-0.2, -0.15) is 5.10 Å². The Morgan fingerprint density at radius 3 is 3.00 bits per heavy atom. The number of esters is 1. The maximum absolute atomic E-state index is 13.8. The average Bonchev–Trinajstić information content (AvgIpc) is 3.03. The van der Waals surface area contributed by atoms with Crippen molar-refractivity contribution in [2.75, 3.05) is 11.9 Å². The molecule has 1 N–H and O–H groups in total. The quantitative estimate of drug-likeness (QED) is 0.624. The van der Waals surface area contributed by atoms with Gasteiger partial charge in [-0.1, -0.05) is 0 Å². The summed E-state index contributed by atoms with van der Waals surface area (Å²) in [5, 5.41) is 7.33. The van der Waals surface area contributed by atoms with Gasteiger partial charge in [0.1, 0.15) is 35.7 Å². The Kier molecular flexibility index (Phi) is 3.95. The molecule has 3 aromatic rings. The number of nitrogens with one attached hydrogen (secondary N) is 1. The number of hydrogen-bond donors (Lipinski definition) is 1. The van der Waals surface area contributed by atoms with Crippen LogP contribution in [0.25, 0.3) is 5.65 Å². The molecule has 3 heterocycles. The average molecular weight is 356 g/mol. The number of carbonyl (C=O) groups is 1. The third-order valence-corrected chi connectivity index (χ3v) is 4.17. The van der Waals surface area contributed by atoms with E-state index in [1.807, 2.05) is 6.92 Å². The zero-order chi connectivity index (χ0) is 18.3. The Bertz CT molecular complexity index is 988. The first-order valence-corrected chi connectivity index (χ1v) is 8.25. The number of carbonyl (C=O) groups excluding carboxylic acids is 1. The molecule has 1 aromatic carbocycles. The molecular weight excluding hydrogens is 339 g/mol. The summed E-state index contributed by atoms with van der Waals surface area (Å²) in [6.45, 7) is 3.72. The van der Waals surface area contributed by atoms with Gasteiger partial charge in [-0.15, -0.1) is 0 Å². The van der Waals surface area contributed by atoms with Crippen molar-refractivity contribution in [1.82, 2.24) is 14.6 Å². The van der Waals surface area contributed by atoms with Crippen molar-refractivity contribution in [3.8, 4) is 5.75 Å². The molecule has 2 atom stereocenters. The van der Waals surface area contributed by atoms with Crippen LogP contribution in [0.2, 0.25) is 0 Å². The second-order valence-corrected chi connectivity index (χ2v) is 6.21. The van der Waals surface area contributed by atoms with Gasteiger partial charge in [-0.25, -0.2) is 18.7 Å². The van der Waals surface area contributed by atoms with Crippen LogP contribution in [-0.4, -0.2) is 33.3 Å². The van der Waals surface area contributed by atoms with E-state index in [9.17, 15) is 9.18 Å². The Morgan fingerprint density at radius 2 is 2.15 bits per heavy atom. The maximum atomic E-state index is 13.8. The second-order valence-electron chi connectivity index (χ2n) is 6.21. The van der Waals surface area contributed by atoms with Crippen molar-refractivity contribution in [3.63, 3.8) is 0 Å². The van der Waals surface area contributed by atoms with Gasteiger partial charge in [0.2, 0.25) is 0 Å². The summed E-state index contributed by atoms with van der Waals surface area (Å²) in [6, 6.07) is 5.80. The minimum atomic E-state index is -0.522. The smallest absolute Gasteiger partial charge is 0.343 e. The summed E-state index contributed by atoms with van der Waals surface area (Å²) in [5.74, 6) is 0.179. The van der Waals surface area contributed by atoms with Crippen LogP contribution in [-0.2, 0) is 4.74 Å². The molecule has 2 bridgehead atoms. The zero-order valence-corrected chi connectivity index (χ0v) is 14.3. The maximum Gasteiger partial charge on any atom is 0.343 e. The molecule has 1 aliphatic rings. The topological polar surface area (TPSA) is 77.8 Å². The van der Waals surface area contributed by atoms with E-state index in [1.165, 1.54) is 22.8 Å². The van der Waals surface area contributed by atoms with Gasteiger partial charge in [-0.05, 0) is 38.1 Å². The van der Waals surface area contributed by atoms with E-state index in [-0.39, 0.29) is 24.0 Å². The predicted octanol–water partition coefficient (Wildman–Crippen LogP) is 2.98. The summed E-state index contributed by atoms with van der Waals surface area (Å²) in [5.41, 5.74) is 1.31. The van der Waals surface area contributed by atoms with Crippen LogP contribution in [0.4, 0.5) is 10.2 Å². The van der Waals surface area contributed by atoms with Gasteiger partial charge in [0.05, 0.1) is 12.2 Å². The molecule has 26 heavy (non-hydrogen) atoms. The molecule has 0 radical (unpaired) electrons. The minimum Gasteiger partial charge on any atom is -0.487 e. The summed E-state index contributed by atoms with van der Waals surface area (Å²) in [4.78, 5) is 16.8. The van der Waals surface area contributed by atoms with E-state index in [0.29, 0.717) is 22.8 Å². The van der Waals surface area contributed by atoms with E-state index in [1.54, 1.807) is 25.3 Å². The van der Waals surface area contributed by atoms with Crippen LogP contribution in [0.1, 0.15) is 35.8 Å². The fraction of sp³-hybridized carbons (Fsp3) is 0.278. The first-order valence-electron chi connectivity index (χ1n) is 8.25. The van der Waals surface area contributed by atoms with E-state index in [2.05, 4.69) is 15.4 Å². The first kappa shape index (κ1) is 16.3. The van der Waals surface area contributed by atoms with Gasteiger partial charge in [-0.3, -0.25) is 0 Å². The van der Waals surface area contributed by atoms with Gasteiger partial charge in [0, 0.05) is 11.8 Å². The molecule has 7 nitrogen and oxygen atoms in total. The molecule has 0 saturated heterocycles. The lowest BCUT2D eigenvalue weighted by atomic mass is 10.1. The summed E-state index contributed by atoms with van der Waals surface area (Å²) in [6.07, 6.45) is 2.71. The number of ether oxygens (including phenoxy) is 2. The predicted molar refractivity (Wildman–Crippen MR) is 91.8 cm³/mol. The van der Waals surface area contributed by atoms with Crippen molar-refractivity contribution in [2.45, 2.75) is 26.0 Å². The minimum absolute atomic E-state index is 0.0501. The van der Waals surface area contributed by atoms with Crippen LogP contribution >= 0.6 is 0 Å². The highest BCUT2D eigenvalue weighted by atomic mass is 19.1. The van der Waals surface area contributed by atoms with Crippen LogP contribution < -0.4 is 10.1 Å². The summed E-state index contributed by atoms with van der Waals surface area (Å²) in [7, 11) is 0. The highest BCUT2D eigenvalue weighted by Crippen LogP contribution is 2.29. The number of fused-ring (bicyclic) bond motifs is 2. The van der Waals surface area contributed by atoms with Crippen molar-refractivity contribution in [3.05, 3.63) is 53.6 Å². The molecule has 1 aliphatic heterocycles. The Balaban J connectivity index is 1.82. The van der Waals surface area contributed by atoms with Crippen molar-refractivity contribution < 1.29 is 18.7 Å². The Morgan fingerprint density at radius 1 is 1.31 bits per heavy atom. The van der Waals surface area contributed by atoms with Crippen LogP contribution in [0.3, 0.4) is 0 Å². The van der Waals surface area contributed by atoms with E-state index in [0.717, 1.165) is 0 Å². The number of rotatable bonds is 0. The lowest BCUT2D eigenvalue weighted by Gasteiger charge is -2.21. The number of anilines is 1. The number of hydrogen-bond acceptors (Lipinski definition) is 6. The lowest BCUT2D eigenvalue weighted by Crippen LogP contribution is -2.22. The third kappa shape index (κ3) is 2.94. The number of aromatic nitrogens is 3. The summed E-state index contributed by atoms with van der Waals surface area (Å²) < 4.78 is 26.5. The number of halogens is 1. The largest absolute Gasteiger partial charge is 0.487 e. The first-order chi connectivity index (χ1) is 12.5. The molecule has 0 amide bonds. The fourth-order valence-corrected chi connectivity index (χ4v) is 2.88. The van der Waals surface area contributed by atoms with E-state index >= 15 is 0 Å². The van der Waals surface area contributed by atoms with Gasteiger partial charge < -0.3 is 14.8 Å². The molecule has 8 heteroatoms. The van der Waals surface area contributed by atoms with Gasteiger partial charge >= 0.3 is 5.97 Å². The Hall–Kier alpha value is -3.16. The highest BCUT2D eigenvalue weighted by molar-refractivity contribution is 5.95. The van der Waals surface area contributed by atoms with Crippen LogP contribution in [0, 0.1) is 5.82 Å². The molecule has 134 valence electrons. The number of benzene rings is 1. The Labute approximate surface area is 148 Å². The number of nitrogens with zero attached hydrogens (tertiary/aromatic N) is 3. The molecule has 0 saturated carbocycles. The molecule has 0 spiro atoms. The monoisotopic (exact) mass is 356 g/mol. The highest BCUT2D eigenvalue weighted by Gasteiger charge is 2.21. The molecule has 0 unspecified atom stereocenters. The standard InChI is InChI=1S/C18H17FN4O3/c1-10-9-25-18(24)14-8-20-23-6-5-16(22-17(14)23)21-11(2)13-7-12(19)3-4-15(13)26-10/h3-8,10-11H,9H2,1-2H3,(H,21,22)/t10-,11+/m0/s1. The van der Waals surface area contributed by atoms with Gasteiger partial charge in [0.25, 0.3) is 0 Å². The van der Waals surface area contributed by atoms with E-state index in [4.69, 9.17) is 9.47 Å². The molecular formula is C18H17FN4O3. The van der Waals surface area contributed by atoms with Crippen LogP contribution in [0.5, 0.6) is 5.75 Å². The second kappa shape index (κ2) is 6.29. The lowest BCUT2D eigenvalue weighted by molar-refractivity contribution is 0.0341.